The molecule has 0 spiro atoms. The fourth-order valence-electron chi connectivity index (χ4n) is 2.59. The summed E-state index contributed by atoms with van der Waals surface area (Å²) in [5, 5.41) is 10.5. The van der Waals surface area contributed by atoms with Gasteiger partial charge in [-0.3, -0.25) is 14.5 Å². The van der Waals surface area contributed by atoms with E-state index in [4.69, 9.17) is 5.73 Å². The Bertz CT molecular complexity index is 1170. The summed E-state index contributed by atoms with van der Waals surface area (Å²) in [6.07, 6.45) is 4.64. The van der Waals surface area contributed by atoms with E-state index in [1.807, 2.05) is 0 Å². The quantitative estimate of drug-likeness (QED) is 0.512. The van der Waals surface area contributed by atoms with E-state index in [0.29, 0.717) is 17.0 Å². The number of anilines is 2. The smallest absolute Gasteiger partial charge is 0.275 e. The van der Waals surface area contributed by atoms with Crippen molar-refractivity contribution in [3.63, 3.8) is 0 Å². The van der Waals surface area contributed by atoms with Gasteiger partial charge in [-0.1, -0.05) is 5.21 Å². The molecule has 0 saturated carbocycles. The predicted octanol–water partition coefficient (Wildman–Crippen LogP) is 2.31. The lowest BCUT2D eigenvalue weighted by atomic mass is 10.2. The molecule has 0 fully saturated rings. The first-order valence-electron chi connectivity index (χ1n) is 8.52. The van der Waals surface area contributed by atoms with E-state index < -0.39 is 11.9 Å². The zero-order valence-electron chi connectivity index (χ0n) is 15.2. The van der Waals surface area contributed by atoms with E-state index in [0.717, 1.165) is 5.56 Å². The zero-order valence-corrected chi connectivity index (χ0v) is 15.2. The molecule has 9 nitrogen and oxygen atoms in total. The molecule has 4 rings (SSSR count). The zero-order chi connectivity index (χ0) is 20.4. The van der Waals surface area contributed by atoms with Crippen molar-refractivity contribution in [1.82, 2.24) is 29.9 Å². The van der Waals surface area contributed by atoms with E-state index in [-0.39, 0.29) is 17.2 Å². The van der Waals surface area contributed by atoms with Gasteiger partial charge in [0.2, 0.25) is 5.95 Å². The minimum atomic E-state index is -0.589. The molecule has 29 heavy (non-hydrogen) atoms. The van der Waals surface area contributed by atoms with Crippen LogP contribution in [-0.4, -0.2) is 35.9 Å². The maximum absolute atomic E-state index is 13.0. The molecule has 0 aliphatic rings. The molecular formula is C19H15FN8O. The predicted molar refractivity (Wildman–Crippen MR) is 104 cm³/mol. The number of hydrogen-bond donors (Lipinski definition) is 2. The van der Waals surface area contributed by atoms with Crippen LogP contribution < -0.4 is 11.1 Å². The molecule has 4 aromatic rings. The number of rotatable bonds is 4. The standard InChI is InChI=1S/C19H15FN8O/c1-28-10-16(26-27-28)12-2-5-15(22-8-12)19(29)25-18-13(21)4-6-14(24-18)11-3-7-17(20)23-9-11/h2-10H,21H2,1H3,(H,24,25,29). The average molecular weight is 390 g/mol. The minimum Gasteiger partial charge on any atom is -0.396 e. The molecular weight excluding hydrogens is 375 g/mol. The first-order valence-corrected chi connectivity index (χ1v) is 8.52. The SMILES string of the molecule is Cn1cc(-c2ccc(C(=O)Nc3nc(-c4ccc(F)nc4)ccc3N)nc2)nn1. The van der Waals surface area contributed by atoms with E-state index in [9.17, 15) is 9.18 Å². The van der Waals surface area contributed by atoms with Gasteiger partial charge in [0.1, 0.15) is 11.4 Å². The van der Waals surface area contributed by atoms with Gasteiger partial charge in [-0.15, -0.1) is 5.10 Å². The van der Waals surface area contributed by atoms with Crippen LogP contribution in [0.4, 0.5) is 15.9 Å². The van der Waals surface area contributed by atoms with Crippen LogP contribution in [0.1, 0.15) is 10.5 Å². The lowest BCUT2D eigenvalue weighted by Gasteiger charge is -2.09. The van der Waals surface area contributed by atoms with Crippen LogP contribution in [0.5, 0.6) is 0 Å². The Morgan fingerprint density at radius 2 is 1.79 bits per heavy atom. The van der Waals surface area contributed by atoms with Gasteiger partial charge < -0.3 is 11.1 Å². The van der Waals surface area contributed by atoms with Gasteiger partial charge in [0.05, 0.1) is 17.6 Å². The monoisotopic (exact) mass is 390 g/mol. The van der Waals surface area contributed by atoms with Crippen LogP contribution in [0.2, 0.25) is 0 Å². The Kier molecular flexibility index (Phi) is 4.65. The Labute approximate surface area is 164 Å². The van der Waals surface area contributed by atoms with Crippen LogP contribution in [0.3, 0.4) is 0 Å². The van der Waals surface area contributed by atoms with Crippen molar-refractivity contribution in [2.24, 2.45) is 7.05 Å². The Hall–Kier alpha value is -4.21. The number of nitrogens with two attached hydrogens (primary N) is 1. The van der Waals surface area contributed by atoms with E-state index in [2.05, 4.69) is 30.6 Å². The van der Waals surface area contributed by atoms with Crippen molar-refractivity contribution < 1.29 is 9.18 Å². The molecule has 3 N–H and O–H groups in total. The summed E-state index contributed by atoms with van der Waals surface area (Å²) in [7, 11) is 1.76. The third-order valence-corrected chi connectivity index (χ3v) is 4.08. The molecule has 0 radical (unpaired) electrons. The van der Waals surface area contributed by atoms with Gasteiger partial charge in [0.25, 0.3) is 5.91 Å². The van der Waals surface area contributed by atoms with Crippen LogP contribution in [-0.2, 0) is 7.05 Å². The van der Waals surface area contributed by atoms with Gasteiger partial charge >= 0.3 is 0 Å². The van der Waals surface area contributed by atoms with Crippen molar-refractivity contribution in [2.45, 2.75) is 0 Å². The molecule has 0 saturated heterocycles. The number of nitrogen functional groups attached to an aromatic ring is 1. The molecule has 0 unspecified atom stereocenters. The van der Waals surface area contributed by atoms with Crippen molar-refractivity contribution in [1.29, 1.82) is 0 Å². The topological polar surface area (TPSA) is 124 Å². The molecule has 10 heteroatoms. The first kappa shape index (κ1) is 18.2. The summed E-state index contributed by atoms with van der Waals surface area (Å²) >= 11 is 0. The maximum Gasteiger partial charge on any atom is 0.275 e. The van der Waals surface area contributed by atoms with E-state index >= 15 is 0 Å². The minimum absolute atomic E-state index is 0.177. The molecule has 0 aliphatic carbocycles. The number of nitrogens with zero attached hydrogens (tertiary/aromatic N) is 6. The number of pyridine rings is 3. The van der Waals surface area contributed by atoms with E-state index in [1.54, 1.807) is 48.3 Å². The molecule has 1 amide bonds. The molecule has 144 valence electrons. The lowest BCUT2D eigenvalue weighted by Crippen LogP contribution is -2.16. The summed E-state index contributed by atoms with van der Waals surface area (Å²) in [5.41, 5.74) is 8.87. The maximum atomic E-state index is 13.0. The Morgan fingerprint density at radius 3 is 2.45 bits per heavy atom. The van der Waals surface area contributed by atoms with Crippen LogP contribution in [0.15, 0.2) is 55.0 Å². The largest absolute Gasteiger partial charge is 0.396 e. The van der Waals surface area contributed by atoms with Crippen LogP contribution in [0.25, 0.3) is 22.5 Å². The highest BCUT2D eigenvalue weighted by Crippen LogP contribution is 2.23. The van der Waals surface area contributed by atoms with Gasteiger partial charge in [-0.05, 0) is 36.4 Å². The van der Waals surface area contributed by atoms with Crippen molar-refractivity contribution in [3.05, 3.63) is 66.6 Å². The van der Waals surface area contributed by atoms with Crippen LogP contribution >= 0.6 is 0 Å². The molecule has 4 heterocycles. The number of amides is 1. The second-order valence-electron chi connectivity index (χ2n) is 6.17. The first-order chi connectivity index (χ1) is 14.0. The second-order valence-corrected chi connectivity index (χ2v) is 6.17. The number of carbonyl (C=O) groups excluding carboxylic acids is 1. The normalized spacial score (nSPS) is 10.7. The number of nitrogens with one attached hydrogen (secondary N) is 1. The Balaban J connectivity index is 1.55. The number of aryl methyl sites for hydroxylation is 1. The highest BCUT2D eigenvalue weighted by Gasteiger charge is 2.13. The summed E-state index contributed by atoms with van der Waals surface area (Å²) in [6.45, 7) is 0. The van der Waals surface area contributed by atoms with Crippen molar-refractivity contribution in [3.8, 4) is 22.5 Å². The summed E-state index contributed by atoms with van der Waals surface area (Å²) < 4.78 is 14.6. The highest BCUT2D eigenvalue weighted by atomic mass is 19.1. The highest BCUT2D eigenvalue weighted by molar-refractivity contribution is 6.04. The number of hydrogen-bond acceptors (Lipinski definition) is 7. The summed E-state index contributed by atoms with van der Waals surface area (Å²) in [4.78, 5) is 24.7. The molecule has 0 bridgehead atoms. The van der Waals surface area contributed by atoms with Crippen molar-refractivity contribution >= 4 is 17.4 Å². The lowest BCUT2D eigenvalue weighted by molar-refractivity contribution is 0.102. The van der Waals surface area contributed by atoms with Crippen molar-refractivity contribution in [2.75, 3.05) is 11.1 Å². The summed E-state index contributed by atoms with van der Waals surface area (Å²) in [6, 6.07) is 9.33. The fraction of sp³-hybridized carbons (Fsp3) is 0.0526. The van der Waals surface area contributed by atoms with Gasteiger partial charge in [-0.25, -0.2) is 9.97 Å². The average Bonchev–Trinajstić information content (AvgIpc) is 3.17. The van der Waals surface area contributed by atoms with Gasteiger partial charge in [0.15, 0.2) is 5.82 Å². The molecule has 4 aromatic heterocycles. The number of aromatic nitrogens is 6. The van der Waals surface area contributed by atoms with Gasteiger partial charge in [0, 0.05) is 30.6 Å². The van der Waals surface area contributed by atoms with Crippen LogP contribution in [0, 0.1) is 5.95 Å². The fourth-order valence-corrected chi connectivity index (χ4v) is 2.59. The van der Waals surface area contributed by atoms with E-state index in [1.165, 1.54) is 18.5 Å². The third kappa shape index (κ3) is 3.90. The Morgan fingerprint density at radius 1 is 1.03 bits per heavy atom. The summed E-state index contributed by atoms with van der Waals surface area (Å²) in [5.74, 6) is -0.880. The second kappa shape index (κ2) is 7.43. The molecule has 0 aliphatic heterocycles. The third-order valence-electron chi connectivity index (χ3n) is 4.08. The number of carbonyl (C=O) groups is 1. The van der Waals surface area contributed by atoms with Gasteiger partial charge in [-0.2, -0.15) is 4.39 Å². The molecule has 0 atom stereocenters. The molecule has 0 aromatic carbocycles. The number of halogens is 1.